The van der Waals surface area contributed by atoms with Crippen LogP contribution in [0.3, 0.4) is 0 Å². The Bertz CT molecular complexity index is 1320. The number of carbonyl (C=O) groups excluding carboxylic acids is 1. The normalized spacial score (nSPS) is 18.3. The maximum absolute atomic E-state index is 13.2. The summed E-state index contributed by atoms with van der Waals surface area (Å²) < 4.78 is 29.2. The Morgan fingerprint density at radius 2 is 1.71 bits per heavy atom. The van der Waals surface area contributed by atoms with Gasteiger partial charge < -0.3 is 9.80 Å². The van der Waals surface area contributed by atoms with E-state index in [2.05, 4.69) is 30.0 Å². The number of amides is 1. The summed E-state index contributed by atoms with van der Waals surface area (Å²) in [6.07, 6.45) is 3.02. The summed E-state index contributed by atoms with van der Waals surface area (Å²) in [5.74, 6) is 0.0419. The molecule has 5 rings (SSSR count). The minimum atomic E-state index is -3.56. The van der Waals surface area contributed by atoms with Gasteiger partial charge in [-0.1, -0.05) is 35.6 Å². The van der Waals surface area contributed by atoms with Gasteiger partial charge >= 0.3 is 0 Å². The summed E-state index contributed by atoms with van der Waals surface area (Å²) in [5, 5.41) is 1.02. The first-order chi connectivity index (χ1) is 16.9. The maximum Gasteiger partial charge on any atom is 0.244 e. The maximum atomic E-state index is 13.2. The van der Waals surface area contributed by atoms with E-state index in [-0.39, 0.29) is 11.8 Å². The van der Waals surface area contributed by atoms with E-state index in [1.807, 2.05) is 23.3 Å². The number of sulfonamides is 1. The third kappa shape index (κ3) is 4.81. The number of aromatic nitrogens is 1. The summed E-state index contributed by atoms with van der Waals surface area (Å²) in [5.41, 5.74) is 2.25. The van der Waals surface area contributed by atoms with Crippen molar-refractivity contribution in [3.8, 4) is 0 Å². The minimum absolute atomic E-state index is 0.117. The third-order valence-electron chi connectivity index (χ3n) is 6.96. The molecule has 10 heteroatoms. The van der Waals surface area contributed by atoms with E-state index in [1.165, 1.54) is 22.0 Å². The number of nitrogens with zero attached hydrogens (tertiary/aromatic N) is 4. The van der Waals surface area contributed by atoms with Crippen molar-refractivity contribution in [2.45, 2.75) is 29.6 Å². The highest BCUT2D eigenvalue weighted by molar-refractivity contribution is 7.99. The Balaban J connectivity index is 1.18. The minimum Gasteiger partial charge on any atom is -0.345 e. The lowest BCUT2D eigenvalue weighted by atomic mass is 9.96. The number of rotatable bonds is 5. The van der Waals surface area contributed by atoms with E-state index in [0.29, 0.717) is 43.9 Å². The fraction of sp³-hybridized carbons (Fsp3) is 0.440. The number of thiazole rings is 1. The van der Waals surface area contributed by atoms with Gasteiger partial charge in [0.2, 0.25) is 15.9 Å². The second-order valence-corrected chi connectivity index (χ2v) is 12.8. The standard InChI is InChI=1S/C25H30N4O3S3/c1-18-6-5-8-21-23(18)26-25(34-21)28-16-14-27(15-17-28)24(30)19-10-12-29(13-11-19)35(31,32)22-9-4-3-7-20(22)33-2/h3-9,19H,10-17H2,1-2H3. The molecule has 2 aromatic carbocycles. The van der Waals surface area contributed by atoms with Crippen molar-refractivity contribution in [2.75, 3.05) is 50.4 Å². The Kier molecular flexibility index (Phi) is 7.07. The number of piperidine rings is 1. The van der Waals surface area contributed by atoms with Crippen molar-refractivity contribution >= 4 is 54.4 Å². The molecular weight excluding hydrogens is 501 g/mol. The molecule has 3 aromatic rings. The second kappa shape index (κ2) is 10.1. The van der Waals surface area contributed by atoms with Crippen LogP contribution in [0.15, 0.2) is 52.3 Å². The number of carbonyl (C=O) groups is 1. The molecule has 0 N–H and O–H groups in total. The SMILES string of the molecule is CSc1ccccc1S(=O)(=O)N1CCC(C(=O)N2CCN(c3nc4c(C)cccc4s3)CC2)CC1. The second-order valence-electron chi connectivity index (χ2n) is 9.06. The van der Waals surface area contributed by atoms with E-state index >= 15 is 0 Å². The largest absolute Gasteiger partial charge is 0.345 e. The molecule has 0 unspecified atom stereocenters. The fourth-order valence-electron chi connectivity index (χ4n) is 4.90. The van der Waals surface area contributed by atoms with Gasteiger partial charge in [0.25, 0.3) is 0 Å². The van der Waals surface area contributed by atoms with Crippen molar-refractivity contribution in [3.05, 3.63) is 48.0 Å². The van der Waals surface area contributed by atoms with Gasteiger partial charge in [-0.25, -0.2) is 13.4 Å². The van der Waals surface area contributed by atoms with E-state index in [0.717, 1.165) is 28.6 Å². The predicted octanol–water partition coefficient (Wildman–Crippen LogP) is 4.08. The predicted molar refractivity (Wildman–Crippen MR) is 143 cm³/mol. The molecule has 2 saturated heterocycles. The zero-order valence-corrected chi connectivity index (χ0v) is 22.5. The summed E-state index contributed by atoms with van der Waals surface area (Å²) in [4.78, 5) is 23.4. The molecule has 2 aliphatic rings. The van der Waals surface area contributed by atoms with Gasteiger partial charge in [0.1, 0.15) is 0 Å². The zero-order chi connectivity index (χ0) is 24.6. The van der Waals surface area contributed by atoms with Crippen LogP contribution in [-0.4, -0.2) is 74.0 Å². The van der Waals surface area contributed by atoms with Gasteiger partial charge in [-0.05, 0) is 49.8 Å². The Morgan fingerprint density at radius 3 is 2.40 bits per heavy atom. The third-order valence-corrected chi connectivity index (χ3v) is 10.9. The zero-order valence-electron chi connectivity index (χ0n) is 20.0. The number of thioether (sulfide) groups is 1. The molecule has 1 amide bonds. The van der Waals surface area contributed by atoms with Crippen LogP contribution < -0.4 is 4.90 Å². The lowest BCUT2D eigenvalue weighted by Crippen LogP contribution is -2.52. The van der Waals surface area contributed by atoms with Gasteiger partial charge in [-0.3, -0.25) is 4.79 Å². The van der Waals surface area contributed by atoms with Crippen LogP contribution in [0.5, 0.6) is 0 Å². The summed E-state index contributed by atoms with van der Waals surface area (Å²) in [6, 6.07) is 13.4. The molecule has 0 aliphatic carbocycles. The van der Waals surface area contributed by atoms with Crippen LogP contribution in [0.25, 0.3) is 10.2 Å². The Hall–Kier alpha value is -2.14. The molecular formula is C25H30N4O3S3. The van der Waals surface area contributed by atoms with Gasteiger partial charge in [-0.15, -0.1) is 11.8 Å². The molecule has 1 aromatic heterocycles. The number of para-hydroxylation sites is 1. The number of hydrogen-bond donors (Lipinski definition) is 0. The first-order valence-corrected chi connectivity index (χ1v) is 15.4. The Labute approximate surface area is 215 Å². The van der Waals surface area contributed by atoms with Gasteiger partial charge in [0, 0.05) is 50.1 Å². The average Bonchev–Trinajstić information content (AvgIpc) is 3.34. The smallest absolute Gasteiger partial charge is 0.244 e. The van der Waals surface area contributed by atoms with Crippen LogP contribution in [0.4, 0.5) is 5.13 Å². The molecule has 2 aliphatic heterocycles. The molecule has 186 valence electrons. The van der Waals surface area contributed by atoms with E-state index in [4.69, 9.17) is 4.98 Å². The topological polar surface area (TPSA) is 73.8 Å². The number of anilines is 1. The lowest BCUT2D eigenvalue weighted by Gasteiger charge is -2.38. The molecule has 3 heterocycles. The number of aryl methyl sites for hydroxylation is 1. The van der Waals surface area contributed by atoms with Gasteiger partial charge in [0.05, 0.1) is 15.1 Å². The fourth-order valence-corrected chi connectivity index (χ4v) is 8.59. The highest BCUT2D eigenvalue weighted by Crippen LogP contribution is 2.32. The number of hydrogen-bond acceptors (Lipinski definition) is 7. The monoisotopic (exact) mass is 530 g/mol. The summed E-state index contributed by atoms with van der Waals surface area (Å²) >= 11 is 3.14. The van der Waals surface area contributed by atoms with Crippen LogP contribution in [-0.2, 0) is 14.8 Å². The van der Waals surface area contributed by atoms with Crippen LogP contribution >= 0.6 is 23.1 Å². The number of benzene rings is 2. The molecule has 0 saturated carbocycles. The van der Waals surface area contributed by atoms with E-state index in [9.17, 15) is 13.2 Å². The molecule has 2 fully saturated rings. The highest BCUT2D eigenvalue weighted by atomic mass is 32.2. The molecule has 35 heavy (non-hydrogen) atoms. The van der Waals surface area contributed by atoms with Crippen molar-refractivity contribution in [3.63, 3.8) is 0 Å². The quantitative estimate of drug-likeness (QED) is 0.463. The first kappa shape index (κ1) is 24.5. The Morgan fingerprint density at radius 1 is 1.00 bits per heavy atom. The average molecular weight is 531 g/mol. The van der Waals surface area contributed by atoms with Crippen molar-refractivity contribution in [2.24, 2.45) is 5.92 Å². The van der Waals surface area contributed by atoms with E-state index < -0.39 is 10.0 Å². The number of fused-ring (bicyclic) bond motifs is 1. The first-order valence-electron chi connectivity index (χ1n) is 11.9. The molecule has 0 radical (unpaired) electrons. The number of piperazine rings is 1. The molecule has 0 atom stereocenters. The van der Waals surface area contributed by atoms with Crippen molar-refractivity contribution in [1.82, 2.24) is 14.2 Å². The highest BCUT2D eigenvalue weighted by Gasteiger charge is 2.35. The lowest BCUT2D eigenvalue weighted by molar-refractivity contribution is -0.137. The molecule has 0 spiro atoms. The van der Waals surface area contributed by atoms with Gasteiger partial charge in [0.15, 0.2) is 5.13 Å². The summed E-state index contributed by atoms with van der Waals surface area (Å²) in [6.45, 7) is 5.73. The summed E-state index contributed by atoms with van der Waals surface area (Å²) in [7, 11) is -3.56. The van der Waals surface area contributed by atoms with Crippen LogP contribution in [0, 0.1) is 12.8 Å². The molecule has 7 nitrogen and oxygen atoms in total. The van der Waals surface area contributed by atoms with Crippen molar-refractivity contribution in [1.29, 1.82) is 0 Å². The van der Waals surface area contributed by atoms with Gasteiger partial charge in [-0.2, -0.15) is 4.31 Å². The van der Waals surface area contributed by atoms with Crippen molar-refractivity contribution < 1.29 is 13.2 Å². The van der Waals surface area contributed by atoms with Crippen LogP contribution in [0.2, 0.25) is 0 Å². The van der Waals surface area contributed by atoms with E-state index in [1.54, 1.807) is 27.8 Å². The molecule has 0 bridgehead atoms. The van der Waals surface area contributed by atoms with Crippen LogP contribution in [0.1, 0.15) is 18.4 Å².